The number of carboxylic acid groups (broad SMARTS) is 1. The van der Waals surface area contributed by atoms with Gasteiger partial charge in [-0.25, -0.2) is 9.97 Å². The molecule has 2 aromatic rings. The van der Waals surface area contributed by atoms with E-state index in [0.717, 1.165) is 21.4 Å². The number of aromatic nitrogens is 2. The predicted octanol–water partition coefficient (Wildman–Crippen LogP) is 3.27. The molecule has 20 heavy (non-hydrogen) atoms. The Morgan fingerprint density at radius 2 is 1.85 bits per heavy atom. The standard InChI is InChI=1S/C15H15BrN2O2/c1-9-7-10(2)18-14(17-9)12(15(19)20)8-11-5-3-4-6-13(11)16/h3-7,12H,8H2,1-2H3,(H,19,20). The van der Waals surface area contributed by atoms with E-state index in [0.29, 0.717) is 12.2 Å². The maximum absolute atomic E-state index is 11.5. The predicted molar refractivity (Wildman–Crippen MR) is 79.7 cm³/mol. The van der Waals surface area contributed by atoms with E-state index in [1.165, 1.54) is 0 Å². The summed E-state index contributed by atoms with van der Waals surface area (Å²) in [5.41, 5.74) is 2.50. The number of hydrogen-bond donors (Lipinski definition) is 1. The van der Waals surface area contributed by atoms with Gasteiger partial charge in [-0.15, -0.1) is 0 Å². The Hall–Kier alpha value is -1.75. The first-order valence-corrected chi connectivity index (χ1v) is 7.05. The molecule has 0 aliphatic rings. The Kier molecular flexibility index (Phi) is 4.49. The van der Waals surface area contributed by atoms with Crippen LogP contribution in [0.15, 0.2) is 34.8 Å². The van der Waals surface area contributed by atoms with Crippen molar-refractivity contribution in [2.24, 2.45) is 0 Å². The monoisotopic (exact) mass is 334 g/mol. The van der Waals surface area contributed by atoms with E-state index in [9.17, 15) is 9.90 Å². The molecule has 0 aliphatic carbocycles. The lowest BCUT2D eigenvalue weighted by atomic mass is 9.98. The molecule has 0 saturated carbocycles. The third-order valence-electron chi connectivity index (χ3n) is 2.99. The second-order valence-electron chi connectivity index (χ2n) is 4.70. The highest BCUT2D eigenvalue weighted by atomic mass is 79.9. The van der Waals surface area contributed by atoms with Crippen LogP contribution >= 0.6 is 15.9 Å². The largest absolute Gasteiger partial charge is 0.481 e. The molecule has 0 fully saturated rings. The minimum atomic E-state index is -0.911. The van der Waals surface area contributed by atoms with Gasteiger partial charge in [0.1, 0.15) is 11.7 Å². The molecule has 104 valence electrons. The van der Waals surface area contributed by atoms with Gasteiger partial charge in [0.25, 0.3) is 0 Å². The van der Waals surface area contributed by atoms with Crippen molar-refractivity contribution in [3.8, 4) is 0 Å². The van der Waals surface area contributed by atoms with Crippen LogP contribution in [0.3, 0.4) is 0 Å². The van der Waals surface area contributed by atoms with Gasteiger partial charge in [-0.05, 0) is 38.0 Å². The molecule has 1 aromatic heterocycles. The molecule has 2 rings (SSSR count). The summed E-state index contributed by atoms with van der Waals surface area (Å²) in [7, 11) is 0. The molecule has 1 N–H and O–H groups in total. The molecule has 0 saturated heterocycles. The van der Waals surface area contributed by atoms with Crippen molar-refractivity contribution in [1.29, 1.82) is 0 Å². The van der Waals surface area contributed by atoms with Crippen molar-refractivity contribution in [2.75, 3.05) is 0 Å². The molecular formula is C15H15BrN2O2. The fourth-order valence-electron chi connectivity index (χ4n) is 2.08. The van der Waals surface area contributed by atoms with Gasteiger partial charge in [-0.3, -0.25) is 4.79 Å². The van der Waals surface area contributed by atoms with Crippen LogP contribution in [0.4, 0.5) is 0 Å². The maximum Gasteiger partial charge on any atom is 0.314 e. The van der Waals surface area contributed by atoms with E-state index in [1.54, 1.807) is 0 Å². The molecular weight excluding hydrogens is 320 g/mol. The average Bonchev–Trinajstić information content (AvgIpc) is 2.36. The minimum Gasteiger partial charge on any atom is -0.481 e. The van der Waals surface area contributed by atoms with Crippen LogP contribution in [0.2, 0.25) is 0 Å². The second kappa shape index (κ2) is 6.13. The zero-order valence-electron chi connectivity index (χ0n) is 11.3. The molecule has 0 aliphatic heterocycles. The van der Waals surface area contributed by atoms with Crippen molar-refractivity contribution in [2.45, 2.75) is 26.2 Å². The quantitative estimate of drug-likeness (QED) is 0.931. The number of halogens is 1. The van der Waals surface area contributed by atoms with E-state index >= 15 is 0 Å². The highest BCUT2D eigenvalue weighted by Gasteiger charge is 2.24. The van der Waals surface area contributed by atoms with Gasteiger partial charge in [0, 0.05) is 15.9 Å². The lowest BCUT2D eigenvalue weighted by Crippen LogP contribution is -2.18. The normalized spacial score (nSPS) is 12.2. The molecule has 1 aromatic carbocycles. The third-order valence-corrected chi connectivity index (χ3v) is 3.76. The molecule has 0 bridgehead atoms. The first-order valence-electron chi connectivity index (χ1n) is 6.25. The minimum absolute atomic E-state index is 0.361. The Morgan fingerprint density at radius 1 is 1.25 bits per heavy atom. The van der Waals surface area contributed by atoms with E-state index in [4.69, 9.17) is 0 Å². The van der Waals surface area contributed by atoms with Crippen LogP contribution in [-0.4, -0.2) is 21.0 Å². The summed E-state index contributed by atoms with van der Waals surface area (Å²) < 4.78 is 0.899. The zero-order chi connectivity index (χ0) is 14.7. The summed E-state index contributed by atoms with van der Waals surface area (Å²) in [4.78, 5) is 20.1. The second-order valence-corrected chi connectivity index (χ2v) is 5.55. The highest BCUT2D eigenvalue weighted by molar-refractivity contribution is 9.10. The molecule has 1 unspecified atom stereocenters. The number of carbonyl (C=O) groups is 1. The molecule has 0 spiro atoms. The summed E-state index contributed by atoms with van der Waals surface area (Å²) in [5, 5.41) is 9.47. The molecule has 5 heteroatoms. The summed E-state index contributed by atoms with van der Waals surface area (Å²) in [6.07, 6.45) is 0.361. The number of aryl methyl sites for hydroxylation is 2. The molecule has 0 radical (unpaired) electrons. The van der Waals surface area contributed by atoms with Crippen molar-refractivity contribution in [3.63, 3.8) is 0 Å². The molecule has 4 nitrogen and oxygen atoms in total. The Labute approximate surface area is 126 Å². The lowest BCUT2D eigenvalue weighted by Gasteiger charge is -2.13. The molecule has 0 amide bonds. The number of nitrogens with zero attached hydrogens (tertiary/aromatic N) is 2. The summed E-state index contributed by atoms with van der Waals surface area (Å²) in [5.74, 6) is -1.29. The van der Waals surface area contributed by atoms with Gasteiger partial charge in [0.15, 0.2) is 0 Å². The van der Waals surface area contributed by atoms with Gasteiger partial charge in [-0.2, -0.15) is 0 Å². The first-order chi connectivity index (χ1) is 9.47. The van der Waals surface area contributed by atoms with Crippen LogP contribution in [0, 0.1) is 13.8 Å². The van der Waals surface area contributed by atoms with E-state index in [1.807, 2.05) is 44.2 Å². The van der Waals surface area contributed by atoms with Crippen molar-refractivity contribution >= 4 is 21.9 Å². The van der Waals surface area contributed by atoms with E-state index < -0.39 is 11.9 Å². The van der Waals surface area contributed by atoms with Gasteiger partial charge >= 0.3 is 5.97 Å². The lowest BCUT2D eigenvalue weighted by molar-refractivity contribution is -0.139. The van der Waals surface area contributed by atoms with E-state index in [-0.39, 0.29) is 0 Å². The fraction of sp³-hybridized carbons (Fsp3) is 0.267. The van der Waals surface area contributed by atoms with Gasteiger partial charge in [0.05, 0.1) is 0 Å². The highest BCUT2D eigenvalue weighted by Crippen LogP contribution is 2.24. The average molecular weight is 335 g/mol. The first kappa shape index (κ1) is 14.7. The SMILES string of the molecule is Cc1cc(C)nc(C(Cc2ccccc2Br)C(=O)O)n1. The van der Waals surface area contributed by atoms with Gasteiger partial charge in [0.2, 0.25) is 0 Å². The van der Waals surface area contributed by atoms with Crippen molar-refractivity contribution < 1.29 is 9.90 Å². The van der Waals surface area contributed by atoms with E-state index in [2.05, 4.69) is 25.9 Å². The van der Waals surface area contributed by atoms with Crippen LogP contribution < -0.4 is 0 Å². The summed E-state index contributed by atoms with van der Waals surface area (Å²) in [6.45, 7) is 3.69. The van der Waals surface area contributed by atoms with Crippen molar-refractivity contribution in [3.05, 3.63) is 57.6 Å². The van der Waals surface area contributed by atoms with Crippen LogP contribution in [0.25, 0.3) is 0 Å². The molecule has 1 atom stereocenters. The van der Waals surface area contributed by atoms with Crippen LogP contribution in [-0.2, 0) is 11.2 Å². The van der Waals surface area contributed by atoms with Gasteiger partial charge in [-0.1, -0.05) is 34.1 Å². The zero-order valence-corrected chi connectivity index (χ0v) is 12.9. The maximum atomic E-state index is 11.5. The Bertz CT molecular complexity index is 623. The topological polar surface area (TPSA) is 63.1 Å². The Balaban J connectivity index is 2.37. The molecule has 1 heterocycles. The Morgan fingerprint density at radius 3 is 2.40 bits per heavy atom. The number of hydrogen-bond acceptors (Lipinski definition) is 3. The van der Waals surface area contributed by atoms with Crippen LogP contribution in [0.1, 0.15) is 28.7 Å². The summed E-state index contributed by atoms with van der Waals surface area (Å²) in [6, 6.07) is 9.43. The number of rotatable bonds is 4. The number of carboxylic acids is 1. The number of aliphatic carboxylic acids is 1. The van der Waals surface area contributed by atoms with Gasteiger partial charge < -0.3 is 5.11 Å². The third kappa shape index (κ3) is 3.42. The van der Waals surface area contributed by atoms with Crippen LogP contribution in [0.5, 0.6) is 0 Å². The smallest absolute Gasteiger partial charge is 0.314 e. The fourth-order valence-corrected chi connectivity index (χ4v) is 2.53. The van der Waals surface area contributed by atoms with Crippen molar-refractivity contribution in [1.82, 2.24) is 9.97 Å². The number of benzene rings is 1. The summed E-state index contributed by atoms with van der Waals surface area (Å²) >= 11 is 3.44.